The lowest BCUT2D eigenvalue weighted by molar-refractivity contribution is 0.240. The Kier molecular flexibility index (Phi) is 2.03. The summed E-state index contributed by atoms with van der Waals surface area (Å²) in [6.07, 6.45) is 3.91. The number of nitrogens with zero attached hydrogens (tertiary/aromatic N) is 1. The van der Waals surface area contributed by atoms with E-state index in [0.29, 0.717) is 11.3 Å². The fourth-order valence-electron chi connectivity index (χ4n) is 3.05. The van der Waals surface area contributed by atoms with Gasteiger partial charge in [0, 0.05) is 19.2 Å². The van der Waals surface area contributed by atoms with Gasteiger partial charge in [-0.1, -0.05) is 0 Å². The van der Waals surface area contributed by atoms with Crippen molar-refractivity contribution in [1.82, 2.24) is 0 Å². The maximum atomic E-state index is 9.49. The lowest BCUT2D eigenvalue weighted by atomic mass is 9.73. The van der Waals surface area contributed by atoms with Crippen molar-refractivity contribution in [1.29, 1.82) is 0 Å². The van der Waals surface area contributed by atoms with Gasteiger partial charge in [0.15, 0.2) is 0 Å². The number of rotatable bonds is 1. The molecular formula is C13H18N2O. The first-order valence-corrected chi connectivity index (χ1v) is 6.10. The third kappa shape index (κ3) is 1.20. The first-order valence-electron chi connectivity index (χ1n) is 6.10. The average molecular weight is 218 g/mol. The van der Waals surface area contributed by atoms with Crippen molar-refractivity contribution in [2.75, 3.05) is 23.3 Å². The molecule has 0 radical (unpaired) electrons. The van der Waals surface area contributed by atoms with E-state index in [9.17, 15) is 5.11 Å². The van der Waals surface area contributed by atoms with E-state index >= 15 is 0 Å². The van der Waals surface area contributed by atoms with Crippen molar-refractivity contribution in [3.8, 4) is 5.75 Å². The van der Waals surface area contributed by atoms with Crippen LogP contribution in [0.4, 0.5) is 11.4 Å². The lowest BCUT2D eigenvalue weighted by Gasteiger charge is -2.54. The fraction of sp³-hybridized carbons (Fsp3) is 0.538. The summed E-state index contributed by atoms with van der Waals surface area (Å²) in [4.78, 5) is 2.50. The van der Waals surface area contributed by atoms with Crippen LogP contribution in [0.25, 0.3) is 0 Å². The highest BCUT2D eigenvalue weighted by molar-refractivity contribution is 5.75. The highest BCUT2D eigenvalue weighted by Gasteiger charge is 2.44. The van der Waals surface area contributed by atoms with Gasteiger partial charge in [-0.2, -0.15) is 0 Å². The number of benzene rings is 1. The standard InChI is InChI=1S/C13H18N2O/c1-2-15-12-5-4-10(16)8-11(12)14-9-13(15)6-3-7-13/h4-5,8,14,16H,2-3,6-7,9H2,1H3. The monoisotopic (exact) mass is 218 g/mol. The predicted octanol–water partition coefficient (Wildman–Crippen LogP) is 2.57. The van der Waals surface area contributed by atoms with E-state index in [4.69, 9.17) is 0 Å². The summed E-state index contributed by atoms with van der Waals surface area (Å²) in [7, 11) is 0. The van der Waals surface area contributed by atoms with Gasteiger partial charge >= 0.3 is 0 Å². The molecular weight excluding hydrogens is 200 g/mol. The van der Waals surface area contributed by atoms with Crippen LogP contribution in [0.3, 0.4) is 0 Å². The van der Waals surface area contributed by atoms with E-state index in [0.717, 1.165) is 18.8 Å². The van der Waals surface area contributed by atoms with Crippen LogP contribution in [0, 0.1) is 0 Å². The van der Waals surface area contributed by atoms with Crippen LogP contribution in [0.2, 0.25) is 0 Å². The van der Waals surface area contributed by atoms with Crippen molar-refractivity contribution < 1.29 is 5.11 Å². The normalized spacial score (nSPS) is 21.2. The molecule has 3 rings (SSSR count). The van der Waals surface area contributed by atoms with E-state index in [1.54, 1.807) is 6.07 Å². The molecule has 0 bridgehead atoms. The molecule has 1 aliphatic heterocycles. The Morgan fingerprint density at radius 2 is 2.25 bits per heavy atom. The Labute approximate surface area is 96.1 Å². The molecule has 2 N–H and O–H groups in total. The second-order valence-electron chi connectivity index (χ2n) is 4.88. The van der Waals surface area contributed by atoms with Gasteiger partial charge in [0.2, 0.25) is 0 Å². The number of nitrogens with one attached hydrogen (secondary N) is 1. The maximum Gasteiger partial charge on any atom is 0.117 e. The second kappa shape index (κ2) is 3.30. The van der Waals surface area contributed by atoms with Crippen molar-refractivity contribution >= 4 is 11.4 Å². The molecule has 0 amide bonds. The van der Waals surface area contributed by atoms with Gasteiger partial charge < -0.3 is 15.3 Å². The van der Waals surface area contributed by atoms with Gasteiger partial charge in [-0.25, -0.2) is 0 Å². The SMILES string of the molecule is CCN1c2ccc(O)cc2NCC12CCC2. The Morgan fingerprint density at radius 3 is 2.88 bits per heavy atom. The first kappa shape index (κ1) is 9.82. The summed E-state index contributed by atoms with van der Waals surface area (Å²) in [5.74, 6) is 0.340. The number of hydrogen-bond donors (Lipinski definition) is 2. The van der Waals surface area contributed by atoms with Gasteiger partial charge in [0.25, 0.3) is 0 Å². The summed E-state index contributed by atoms with van der Waals surface area (Å²) in [5, 5.41) is 12.9. The average Bonchev–Trinajstić information content (AvgIpc) is 2.25. The quantitative estimate of drug-likeness (QED) is 0.760. The van der Waals surface area contributed by atoms with Gasteiger partial charge in [0.1, 0.15) is 5.75 Å². The third-order valence-electron chi connectivity index (χ3n) is 4.05. The Morgan fingerprint density at radius 1 is 1.44 bits per heavy atom. The number of anilines is 2. The molecule has 1 fully saturated rings. The molecule has 1 aromatic carbocycles. The molecule has 0 saturated heterocycles. The van der Waals surface area contributed by atoms with Crippen molar-refractivity contribution in [2.24, 2.45) is 0 Å². The highest BCUT2D eigenvalue weighted by Crippen LogP contribution is 2.46. The molecule has 1 aromatic rings. The zero-order valence-corrected chi connectivity index (χ0v) is 9.66. The van der Waals surface area contributed by atoms with E-state index < -0.39 is 0 Å². The summed E-state index contributed by atoms with van der Waals surface area (Å²) >= 11 is 0. The largest absolute Gasteiger partial charge is 0.508 e. The summed E-state index contributed by atoms with van der Waals surface area (Å²) in [6, 6.07) is 5.63. The van der Waals surface area contributed by atoms with E-state index in [-0.39, 0.29) is 0 Å². The predicted molar refractivity (Wildman–Crippen MR) is 66.2 cm³/mol. The zero-order valence-electron chi connectivity index (χ0n) is 9.66. The van der Waals surface area contributed by atoms with E-state index in [2.05, 4.69) is 17.1 Å². The molecule has 3 heteroatoms. The molecule has 2 aliphatic rings. The van der Waals surface area contributed by atoms with Crippen LogP contribution in [0.1, 0.15) is 26.2 Å². The minimum Gasteiger partial charge on any atom is -0.508 e. The smallest absolute Gasteiger partial charge is 0.117 e. The first-order chi connectivity index (χ1) is 7.75. The second-order valence-corrected chi connectivity index (χ2v) is 4.88. The zero-order chi connectivity index (χ0) is 11.2. The van der Waals surface area contributed by atoms with Crippen LogP contribution in [0.5, 0.6) is 5.75 Å². The summed E-state index contributed by atoms with van der Waals surface area (Å²) in [5.41, 5.74) is 2.66. The topological polar surface area (TPSA) is 35.5 Å². The van der Waals surface area contributed by atoms with Crippen LogP contribution in [-0.2, 0) is 0 Å². The minimum absolute atomic E-state index is 0.340. The van der Waals surface area contributed by atoms with E-state index in [1.165, 1.54) is 24.9 Å². The number of phenolic OH excluding ortho intramolecular Hbond substituents is 1. The number of fused-ring (bicyclic) bond motifs is 1. The van der Waals surface area contributed by atoms with Crippen molar-refractivity contribution in [2.45, 2.75) is 31.7 Å². The Hall–Kier alpha value is -1.38. The number of phenols is 1. The van der Waals surface area contributed by atoms with Gasteiger partial charge in [-0.05, 0) is 38.3 Å². The van der Waals surface area contributed by atoms with Crippen LogP contribution in [0.15, 0.2) is 18.2 Å². The van der Waals surface area contributed by atoms with Gasteiger partial charge in [-0.3, -0.25) is 0 Å². The van der Waals surface area contributed by atoms with Gasteiger partial charge in [-0.15, -0.1) is 0 Å². The highest BCUT2D eigenvalue weighted by atomic mass is 16.3. The summed E-state index contributed by atoms with van der Waals surface area (Å²) < 4.78 is 0. The molecule has 1 spiro atoms. The fourth-order valence-corrected chi connectivity index (χ4v) is 3.05. The van der Waals surface area contributed by atoms with Crippen LogP contribution in [-0.4, -0.2) is 23.7 Å². The molecule has 3 nitrogen and oxygen atoms in total. The third-order valence-corrected chi connectivity index (χ3v) is 4.05. The summed E-state index contributed by atoms with van der Waals surface area (Å²) in [6.45, 7) is 4.26. The Balaban J connectivity index is 2.03. The maximum absolute atomic E-state index is 9.49. The molecule has 16 heavy (non-hydrogen) atoms. The Bertz CT molecular complexity index is 412. The minimum atomic E-state index is 0.340. The van der Waals surface area contributed by atoms with Crippen LogP contribution >= 0.6 is 0 Å². The molecule has 86 valence electrons. The van der Waals surface area contributed by atoms with Crippen molar-refractivity contribution in [3.05, 3.63) is 18.2 Å². The van der Waals surface area contributed by atoms with Crippen LogP contribution < -0.4 is 10.2 Å². The number of hydrogen-bond acceptors (Lipinski definition) is 3. The molecule has 1 heterocycles. The number of aromatic hydroxyl groups is 1. The molecule has 0 atom stereocenters. The van der Waals surface area contributed by atoms with Crippen molar-refractivity contribution in [3.63, 3.8) is 0 Å². The van der Waals surface area contributed by atoms with Gasteiger partial charge in [0.05, 0.1) is 16.9 Å². The molecule has 0 aromatic heterocycles. The number of likely N-dealkylation sites (N-methyl/N-ethyl adjacent to an activating group) is 1. The van der Waals surface area contributed by atoms with E-state index in [1.807, 2.05) is 12.1 Å². The molecule has 0 unspecified atom stereocenters. The molecule has 1 saturated carbocycles. The molecule has 1 aliphatic carbocycles. The lowest BCUT2D eigenvalue weighted by Crippen LogP contribution is -2.60.